The van der Waals surface area contributed by atoms with E-state index >= 15 is 0 Å². The fourth-order valence-corrected chi connectivity index (χ4v) is 1.62. The van der Waals surface area contributed by atoms with Gasteiger partial charge in [0.2, 0.25) is 0 Å². The minimum absolute atomic E-state index is 0.0676. The molecule has 0 spiro atoms. The van der Waals surface area contributed by atoms with E-state index in [1.165, 1.54) is 12.1 Å². The number of carboxylic acids is 1. The number of carbonyl (C=O) groups is 1. The summed E-state index contributed by atoms with van der Waals surface area (Å²) in [5, 5.41) is 21.1. The molecular formula is C14H21NO4. The van der Waals surface area contributed by atoms with Crippen LogP contribution in [0, 0.1) is 5.92 Å². The number of ether oxygens (including phenoxy) is 1. The lowest BCUT2D eigenvalue weighted by molar-refractivity contribution is 0.0697. The molecule has 5 heteroatoms. The number of benzene rings is 1. The third kappa shape index (κ3) is 5.28. The summed E-state index contributed by atoms with van der Waals surface area (Å²) in [4.78, 5) is 10.7. The summed E-state index contributed by atoms with van der Waals surface area (Å²) in [5.74, 6) is 0.0488. The normalized spacial score (nSPS) is 12.4. The summed E-state index contributed by atoms with van der Waals surface area (Å²) in [6, 6.07) is 6.36. The smallest absolute Gasteiger partial charge is 0.335 e. The van der Waals surface area contributed by atoms with Crippen LogP contribution >= 0.6 is 0 Å². The highest BCUT2D eigenvalue weighted by Crippen LogP contribution is 2.11. The van der Waals surface area contributed by atoms with Gasteiger partial charge in [0.1, 0.15) is 12.4 Å². The van der Waals surface area contributed by atoms with Crippen LogP contribution < -0.4 is 10.1 Å². The van der Waals surface area contributed by atoms with Crippen molar-refractivity contribution in [3.63, 3.8) is 0 Å². The Kier molecular flexibility index (Phi) is 6.32. The second-order valence-corrected chi connectivity index (χ2v) is 4.67. The van der Waals surface area contributed by atoms with E-state index in [0.717, 1.165) is 0 Å². The van der Waals surface area contributed by atoms with Crippen LogP contribution in [-0.4, -0.2) is 42.0 Å². The van der Waals surface area contributed by atoms with E-state index in [4.69, 9.17) is 14.9 Å². The van der Waals surface area contributed by atoms with Crippen molar-refractivity contribution < 1.29 is 19.7 Å². The van der Waals surface area contributed by atoms with Crippen molar-refractivity contribution in [2.24, 2.45) is 5.92 Å². The molecule has 0 aliphatic rings. The van der Waals surface area contributed by atoms with Crippen LogP contribution in [-0.2, 0) is 0 Å². The van der Waals surface area contributed by atoms with Gasteiger partial charge < -0.3 is 20.3 Å². The van der Waals surface area contributed by atoms with Crippen molar-refractivity contribution in [3.8, 4) is 5.75 Å². The van der Waals surface area contributed by atoms with Crippen molar-refractivity contribution in [1.29, 1.82) is 0 Å². The first-order chi connectivity index (χ1) is 9.04. The molecule has 0 amide bonds. The van der Waals surface area contributed by atoms with Crippen LogP contribution in [0.4, 0.5) is 0 Å². The van der Waals surface area contributed by atoms with E-state index in [1.54, 1.807) is 12.1 Å². The lowest BCUT2D eigenvalue weighted by atomic mass is 10.1. The van der Waals surface area contributed by atoms with Gasteiger partial charge in [-0.3, -0.25) is 0 Å². The Morgan fingerprint density at radius 1 is 1.32 bits per heavy atom. The zero-order chi connectivity index (χ0) is 14.3. The molecule has 0 bridgehead atoms. The maximum absolute atomic E-state index is 10.7. The highest BCUT2D eigenvalue weighted by molar-refractivity contribution is 5.87. The monoisotopic (exact) mass is 267 g/mol. The van der Waals surface area contributed by atoms with E-state index in [1.807, 2.05) is 13.8 Å². The van der Waals surface area contributed by atoms with Gasteiger partial charge in [-0.1, -0.05) is 13.8 Å². The maximum atomic E-state index is 10.7. The third-order valence-corrected chi connectivity index (χ3v) is 2.88. The van der Waals surface area contributed by atoms with Gasteiger partial charge in [0, 0.05) is 12.6 Å². The van der Waals surface area contributed by atoms with Crippen LogP contribution in [0.3, 0.4) is 0 Å². The summed E-state index contributed by atoms with van der Waals surface area (Å²) in [6.45, 7) is 5.28. The van der Waals surface area contributed by atoms with E-state index < -0.39 is 5.97 Å². The second kappa shape index (κ2) is 7.76. The van der Waals surface area contributed by atoms with E-state index in [2.05, 4.69) is 5.32 Å². The molecule has 1 aromatic rings. The second-order valence-electron chi connectivity index (χ2n) is 4.67. The van der Waals surface area contributed by atoms with E-state index in [9.17, 15) is 4.79 Å². The van der Waals surface area contributed by atoms with Crippen LogP contribution in [0.1, 0.15) is 24.2 Å². The molecule has 0 fully saturated rings. The minimum Gasteiger partial charge on any atom is -0.492 e. The molecule has 5 nitrogen and oxygen atoms in total. The van der Waals surface area contributed by atoms with Gasteiger partial charge in [0.05, 0.1) is 12.2 Å². The number of aliphatic hydroxyl groups is 1. The van der Waals surface area contributed by atoms with Gasteiger partial charge in [-0.05, 0) is 30.2 Å². The maximum Gasteiger partial charge on any atom is 0.335 e. The Bertz CT molecular complexity index is 389. The van der Waals surface area contributed by atoms with Crippen molar-refractivity contribution in [2.45, 2.75) is 19.9 Å². The fraction of sp³-hybridized carbons (Fsp3) is 0.500. The van der Waals surface area contributed by atoms with Crippen LogP contribution in [0.5, 0.6) is 5.75 Å². The molecule has 106 valence electrons. The molecule has 0 saturated heterocycles. The molecule has 19 heavy (non-hydrogen) atoms. The van der Waals surface area contributed by atoms with Crippen molar-refractivity contribution in [1.82, 2.24) is 5.32 Å². The standard InChI is InChI=1S/C14H21NO4/c1-10(2)13(9-16)15-7-8-19-12-5-3-11(4-6-12)14(17)18/h3-6,10,13,15-16H,7-9H2,1-2H3,(H,17,18). The number of nitrogens with one attached hydrogen (secondary N) is 1. The highest BCUT2D eigenvalue weighted by Gasteiger charge is 2.10. The summed E-state index contributed by atoms with van der Waals surface area (Å²) in [7, 11) is 0. The molecular weight excluding hydrogens is 246 g/mol. The summed E-state index contributed by atoms with van der Waals surface area (Å²) in [6.07, 6.45) is 0. The van der Waals surface area contributed by atoms with Gasteiger partial charge in [0.25, 0.3) is 0 Å². The number of aliphatic hydroxyl groups excluding tert-OH is 1. The molecule has 1 aromatic carbocycles. The first-order valence-electron chi connectivity index (χ1n) is 6.35. The quantitative estimate of drug-likeness (QED) is 0.620. The molecule has 0 saturated carbocycles. The largest absolute Gasteiger partial charge is 0.492 e. The number of hydrogen-bond donors (Lipinski definition) is 3. The van der Waals surface area contributed by atoms with Crippen LogP contribution in [0.15, 0.2) is 24.3 Å². The average molecular weight is 267 g/mol. The van der Waals surface area contributed by atoms with Gasteiger partial charge in [-0.15, -0.1) is 0 Å². The molecule has 0 aliphatic heterocycles. The Labute approximate surface area is 113 Å². The van der Waals surface area contributed by atoms with Gasteiger partial charge >= 0.3 is 5.97 Å². The van der Waals surface area contributed by atoms with Crippen LogP contribution in [0.25, 0.3) is 0 Å². The molecule has 0 aromatic heterocycles. The zero-order valence-electron chi connectivity index (χ0n) is 11.3. The lowest BCUT2D eigenvalue weighted by Crippen LogP contribution is -2.39. The Hall–Kier alpha value is -1.59. The predicted molar refractivity (Wildman–Crippen MR) is 72.6 cm³/mol. The highest BCUT2D eigenvalue weighted by atomic mass is 16.5. The third-order valence-electron chi connectivity index (χ3n) is 2.88. The molecule has 0 aliphatic carbocycles. The molecule has 1 rings (SSSR count). The molecule has 0 radical (unpaired) electrons. The SMILES string of the molecule is CC(C)C(CO)NCCOc1ccc(C(=O)O)cc1. The first kappa shape index (κ1) is 15.5. The first-order valence-corrected chi connectivity index (χ1v) is 6.35. The molecule has 1 unspecified atom stereocenters. The number of rotatable bonds is 8. The topological polar surface area (TPSA) is 78.8 Å². The minimum atomic E-state index is -0.948. The van der Waals surface area contributed by atoms with Crippen molar-refractivity contribution >= 4 is 5.97 Å². The van der Waals surface area contributed by atoms with Crippen LogP contribution in [0.2, 0.25) is 0 Å². The van der Waals surface area contributed by atoms with E-state index in [0.29, 0.717) is 24.8 Å². The fourth-order valence-electron chi connectivity index (χ4n) is 1.62. The van der Waals surface area contributed by atoms with Gasteiger partial charge in [-0.25, -0.2) is 4.79 Å². The van der Waals surface area contributed by atoms with Gasteiger partial charge in [0.15, 0.2) is 0 Å². The predicted octanol–water partition coefficient (Wildman–Crippen LogP) is 1.37. The van der Waals surface area contributed by atoms with Crippen molar-refractivity contribution in [2.75, 3.05) is 19.8 Å². The molecule has 3 N–H and O–H groups in total. The number of hydrogen-bond acceptors (Lipinski definition) is 4. The van der Waals surface area contributed by atoms with Crippen molar-refractivity contribution in [3.05, 3.63) is 29.8 Å². The summed E-state index contributed by atoms with van der Waals surface area (Å²) in [5.41, 5.74) is 0.241. The van der Waals surface area contributed by atoms with Gasteiger partial charge in [-0.2, -0.15) is 0 Å². The summed E-state index contributed by atoms with van der Waals surface area (Å²) < 4.78 is 5.48. The molecule has 1 atom stereocenters. The Morgan fingerprint density at radius 3 is 2.42 bits per heavy atom. The van der Waals surface area contributed by atoms with E-state index in [-0.39, 0.29) is 18.2 Å². The number of aromatic carboxylic acids is 1. The number of carboxylic acid groups (broad SMARTS) is 1. The Morgan fingerprint density at radius 2 is 1.95 bits per heavy atom. The molecule has 0 heterocycles. The zero-order valence-corrected chi connectivity index (χ0v) is 11.3. The Balaban J connectivity index is 2.31. The summed E-state index contributed by atoms with van der Waals surface area (Å²) >= 11 is 0. The average Bonchev–Trinajstić information content (AvgIpc) is 2.38. The lowest BCUT2D eigenvalue weighted by Gasteiger charge is -2.19.